The SMILES string of the molecule is O=C(COc1ccccc1F)NCc1ccc(-c2cccnc2)nc1. The highest BCUT2D eigenvalue weighted by Gasteiger charge is 2.06. The molecule has 1 aromatic carbocycles. The molecule has 0 aliphatic carbocycles. The zero-order chi connectivity index (χ0) is 17.5. The van der Waals surface area contributed by atoms with Crippen molar-refractivity contribution in [3.63, 3.8) is 0 Å². The van der Waals surface area contributed by atoms with Crippen molar-refractivity contribution in [3.8, 4) is 17.0 Å². The maximum absolute atomic E-state index is 13.4. The molecule has 0 fully saturated rings. The summed E-state index contributed by atoms with van der Waals surface area (Å²) >= 11 is 0. The van der Waals surface area contributed by atoms with Crippen molar-refractivity contribution in [2.45, 2.75) is 6.54 Å². The molecule has 0 saturated carbocycles. The third kappa shape index (κ3) is 4.60. The smallest absolute Gasteiger partial charge is 0.258 e. The Morgan fingerprint density at radius 2 is 1.96 bits per heavy atom. The number of carbonyl (C=O) groups excluding carboxylic acids is 1. The molecule has 0 radical (unpaired) electrons. The highest BCUT2D eigenvalue weighted by atomic mass is 19.1. The predicted octanol–water partition coefficient (Wildman–Crippen LogP) is 2.98. The van der Waals surface area contributed by atoms with E-state index in [1.165, 1.54) is 12.1 Å². The van der Waals surface area contributed by atoms with E-state index in [0.717, 1.165) is 16.8 Å². The minimum Gasteiger partial charge on any atom is -0.481 e. The summed E-state index contributed by atoms with van der Waals surface area (Å²) in [7, 11) is 0. The summed E-state index contributed by atoms with van der Waals surface area (Å²) in [4.78, 5) is 20.2. The van der Waals surface area contributed by atoms with Gasteiger partial charge in [-0.2, -0.15) is 0 Å². The van der Waals surface area contributed by atoms with E-state index in [-0.39, 0.29) is 18.3 Å². The van der Waals surface area contributed by atoms with Crippen LogP contribution >= 0.6 is 0 Å². The van der Waals surface area contributed by atoms with Gasteiger partial charge in [-0.05, 0) is 35.9 Å². The lowest BCUT2D eigenvalue weighted by molar-refractivity contribution is -0.123. The van der Waals surface area contributed by atoms with Gasteiger partial charge in [-0.1, -0.05) is 18.2 Å². The van der Waals surface area contributed by atoms with Crippen LogP contribution in [-0.2, 0) is 11.3 Å². The molecule has 5 nitrogen and oxygen atoms in total. The number of halogens is 1. The van der Waals surface area contributed by atoms with Crippen molar-refractivity contribution < 1.29 is 13.9 Å². The van der Waals surface area contributed by atoms with Crippen LogP contribution in [0, 0.1) is 5.82 Å². The van der Waals surface area contributed by atoms with Crippen LogP contribution in [0.1, 0.15) is 5.56 Å². The molecule has 0 bridgehead atoms. The van der Waals surface area contributed by atoms with E-state index in [9.17, 15) is 9.18 Å². The van der Waals surface area contributed by atoms with Crippen LogP contribution in [0.25, 0.3) is 11.3 Å². The molecule has 0 saturated heterocycles. The molecular formula is C19H16FN3O2. The lowest BCUT2D eigenvalue weighted by Gasteiger charge is -2.08. The summed E-state index contributed by atoms with van der Waals surface area (Å²) in [5.41, 5.74) is 2.59. The molecule has 3 rings (SSSR count). The highest BCUT2D eigenvalue weighted by Crippen LogP contribution is 2.16. The maximum atomic E-state index is 13.4. The number of hydrogen-bond acceptors (Lipinski definition) is 4. The molecule has 0 unspecified atom stereocenters. The van der Waals surface area contributed by atoms with Crippen LogP contribution in [0.3, 0.4) is 0 Å². The van der Waals surface area contributed by atoms with Crippen LogP contribution in [0.5, 0.6) is 5.75 Å². The number of pyridine rings is 2. The van der Waals surface area contributed by atoms with Gasteiger partial charge in [0.15, 0.2) is 18.2 Å². The lowest BCUT2D eigenvalue weighted by atomic mass is 10.1. The first kappa shape index (κ1) is 16.6. The van der Waals surface area contributed by atoms with Crippen LogP contribution in [0.2, 0.25) is 0 Å². The molecule has 25 heavy (non-hydrogen) atoms. The van der Waals surface area contributed by atoms with E-state index in [4.69, 9.17) is 4.74 Å². The summed E-state index contributed by atoms with van der Waals surface area (Å²) < 4.78 is 18.6. The molecule has 126 valence electrons. The van der Waals surface area contributed by atoms with Gasteiger partial charge in [-0.3, -0.25) is 14.8 Å². The monoisotopic (exact) mass is 337 g/mol. The molecule has 0 atom stereocenters. The van der Waals surface area contributed by atoms with Gasteiger partial charge in [0.2, 0.25) is 0 Å². The summed E-state index contributed by atoms with van der Waals surface area (Å²) in [6, 6.07) is 13.5. The predicted molar refractivity (Wildman–Crippen MR) is 91.2 cm³/mol. The minimum atomic E-state index is -0.495. The average molecular weight is 337 g/mol. The molecule has 1 amide bonds. The number of hydrogen-bond donors (Lipinski definition) is 1. The van der Waals surface area contributed by atoms with Crippen molar-refractivity contribution in [2.24, 2.45) is 0 Å². The van der Waals surface area contributed by atoms with Crippen molar-refractivity contribution in [1.29, 1.82) is 0 Å². The number of para-hydroxylation sites is 1. The number of benzene rings is 1. The lowest BCUT2D eigenvalue weighted by Crippen LogP contribution is -2.28. The van der Waals surface area contributed by atoms with Gasteiger partial charge in [0.25, 0.3) is 5.91 Å². The highest BCUT2D eigenvalue weighted by molar-refractivity contribution is 5.77. The number of amides is 1. The Morgan fingerprint density at radius 3 is 2.68 bits per heavy atom. The van der Waals surface area contributed by atoms with E-state index in [1.54, 1.807) is 30.7 Å². The van der Waals surface area contributed by atoms with Crippen molar-refractivity contribution in [3.05, 3.63) is 78.5 Å². The fraction of sp³-hybridized carbons (Fsp3) is 0.105. The molecule has 3 aromatic rings. The zero-order valence-corrected chi connectivity index (χ0v) is 13.4. The number of aromatic nitrogens is 2. The van der Waals surface area contributed by atoms with E-state index in [2.05, 4.69) is 15.3 Å². The Kier molecular flexibility index (Phi) is 5.31. The van der Waals surface area contributed by atoms with Gasteiger partial charge >= 0.3 is 0 Å². The Bertz CT molecular complexity index is 839. The Labute approximate surface area is 144 Å². The molecule has 0 spiro atoms. The van der Waals surface area contributed by atoms with E-state index in [0.29, 0.717) is 6.54 Å². The molecular weight excluding hydrogens is 321 g/mol. The summed E-state index contributed by atoms with van der Waals surface area (Å²) in [6.45, 7) is 0.0713. The first-order valence-corrected chi connectivity index (χ1v) is 7.72. The Morgan fingerprint density at radius 1 is 1.08 bits per heavy atom. The maximum Gasteiger partial charge on any atom is 0.258 e. The van der Waals surface area contributed by atoms with Crippen molar-refractivity contribution in [1.82, 2.24) is 15.3 Å². The first-order valence-electron chi connectivity index (χ1n) is 7.72. The minimum absolute atomic E-state index is 0.0557. The summed E-state index contributed by atoms with van der Waals surface area (Å²) in [5, 5.41) is 2.71. The second kappa shape index (κ2) is 8.01. The summed E-state index contributed by atoms with van der Waals surface area (Å²) in [5.74, 6) is -0.773. The topological polar surface area (TPSA) is 64.1 Å². The number of rotatable bonds is 6. The van der Waals surface area contributed by atoms with Gasteiger partial charge in [0.1, 0.15) is 0 Å². The van der Waals surface area contributed by atoms with Crippen molar-refractivity contribution >= 4 is 5.91 Å². The molecule has 0 aliphatic heterocycles. The fourth-order valence-electron chi connectivity index (χ4n) is 2.17. The van der Waals surface area contributed by atoms with E-state index in [1.807, 2.05) is 24.3 Å². The number of nitrogens with one attached hydrogen (secondary N) is 1. The molecule has 1 N–H and O–H groups in total. The van der Waals surface area contributed by atoms with Crippen LogP contribution in [-0.4, -0.2) is 22.5 Å². The molecule has 0 aliphatic rings. The van der Waals surface area contributed by atoms with Crippen LogP contribution in [0.4, 0.5) is 4.39 Å². The Hall–Kier alpha value is -3.28. The standard InChI is InChI=1S/C19H16FN3O2/c20-16-5-1-2-6-18(16)25-13-19(24)23-11-14-7-8-17(22-10-14)15-4-3-9-21-12-15/h1-10,12H,11,13H2,(H,23,24). The van der Waals surface area contributed by atoms with Gasteiger partial charge < -0.3 is 10.1 Å². The third-order valence-electron chi connectivity index (χ3n) is 3.47. The second-order valence-corrected chi connectivity index (χ2v) is 5.29. The zero-order valence-electron chi connectivity index (χ0n) is 13.4. The van der Waals surface area contributed by atoms with E-state index < -0.39 is 5.82 Å². The number of ether oxygens (including phenoxy) is 1. The molecule has 2 heterocycles. The van der Waals surface area contributed by atoms with Crippen LogP contribution in [0.15, 0.2) is 67.1 Å². The quantitative estimate of drug-likeness (QED) is 0.751. The van der Waals surface area contributed by atoms with Gasteiger partial charge in [-0.15, -0.1) is 0 Å². The number of nitrogens with zero attached hydrogens (tertiary/aromatic N) is 2. The second-order valence-electron chi connectivity index (χ2n) is 5.29. The van der Waals surface area contributed by atoms with E-state index >= 15 is 0 Å². The number of carbonyl (C=O) groups is 1. The molecule has 2 aromatic heterocycles. The first-order chi connectivity index (χ1) is 12.2. The molecule has 6 heteroatoms. The van der Waals surface area contributed by atoms with Crippen molar-refractivity contribution in [2.75, 3.05) is 6.61 Å². The normalized spacial score (nSPS) is 10.3. The fourth-order valence-corrected chi connectivity index (χ4v) is 2.17. The third-order valence-corrected chi connectivity index (χ3v) is 3.47. The summed E-state index contributed by atoms with van der Waals surface area (Å²) in [6.07, 6.45) is 5.14. The average Bonchev–Trinajstić information content (AvgIpc) is 2.67. The van der Waals surface area contributed by atoms with Crippen LogP contribution < -0.4 is 10.1 Å². The largest absolute Gasteiger partial charge is 0.481 e. The van der Waals surface area contributed by atoms with Gasteiger partial charge in [0.05, 0.1) is 5.69 Å². The Balaban J connectivity index is 1.50. The van der Waals surface area contributed by atoms with Gasteiger partial charge in [0, 0.05) is 30.7 Å². The van der Waals surface area contributed by atoms with Gasteiger partial charge in [-0.25, -0.2) is 4.39 Å².